The summed E-state index contributed by atoms with van der Waals surface area (Å²) in [6.07, 6.45) is 1.50. The molecule has 1 fully saturated rings. The summed E-state index contributed by atoms with van der Waals surface area (Å²) in [4.78, 5) is 0. The van der Waals surface area contributed by atoms with E-state index in [0.717, 1.165) is 13.0 Å². The first-order valence-electron chi connectivity index (χ1n) is 6.53. The standard InChI is InChI=1S/C14H28O3/c1-13(2,3)7-11(10-17-14(4,5)6)15-8-12-9-16-12/h11-12H,7-10H2,1-6H3. The van der Waals surface area contributed by atoms with Crippen molar-refractivity contribution < 1.29 is 14.2 Å². The van der Waals surface area contributed by atoms with Crippen LogP contribution >= 0.6 is 0 Å². The van der Waals surface area contributed by atoms with E-state index in [2.05, 4.69) is 41.5 Å². The Kier molecular flexibility index (Phi) is 4.99. The van der Waals surface area contributed by atoms with Crippen LogP contribution in [0.5, 0.6) is 0 Å². The van der Waals surface area contributed by atoms with Crippen LogP contribution in [0.4, 0.5) is 0 Å². The van der Waals surface area contributed by atoms with Crippen LogP contribution in [0.25, 0.3) is 0 Å². The fourth-order valence-electron chi connectivity index (χ4n) is 1.60. The Labute approximate surface area is 106 Å². The molecule has 0 N–H and O–H groups in total. The van der Waals surface area contributed by atoms with Crippen LogP contribution in [0.2, 0.25) is 0 Å². The summed E-state index contributed by atoms with van der Waals surface area (Å²) < 4.78 is 16.9. The van der Waals surface area contributed by atoms with Crippen molar-refractivity contribution in [2.45, 2.75) is 65.8 Å². The van der Waals surface area contributed by atoms with Crippen LogP contribution in [0.3, 0.4) is 0 Å². The summed E-state index contributed by atoms with van der Waals surface area (Å²) in [6, 6.07) is 0. The van der Waals surface area contributed by atoms with Crippen LogP contribution < -0.4 is 0 Å². The molecule has 0 saturated carbocycles. The summed E-state index contributed by atoms with van der Waals surface area (Å²) in [6.45, 7) is 15.1. The molecule has 3 nitrogen and oxygen atoms in total. The van der Waals surface area contributed by atoms with Gasteiger partial charge in [0.1, 0.15) is 6.10 Å². The van der Waals surface area contributed by atoms with E-state index in [1.807, 2.05) is 0 Å². The van der Waals surface area contributed by atoms with Gasteiger partial charge >= 0.3 is 0 Å². The van der Waals surface area contributed by atoms with Crippen LogP contribution in [-0.2, 0) is 14.2 Å². The molecular weight excluding hydrogens is 216 g/mol. The molecule has 0 spiro atoms. The van der Waals surface area contributed by atoms with Gasteiger partial charge in [0, 0.05) is 0 Å². The molecule has 0 aromatic carbocycles. The highest BCUT2D eigenvalue weighted by Gasteiger charge is 2.27. The van der Waals surface area contributed by atoms with Crippen molar-refractivity contribution in [1.29, 1.82) is 0 Å². The molecule has 1 saturated heterocycles. The summed E-state index contributed by atoms with van der Waals surface area (Å²) in [5, 5.41) is 0. The van der Waals surface area contributed by atoms with Crippen molar-refractivity contribution >= 4 is 0 Å². The highest BCUT2D eigenvalue weighted by atomic mass is 16.6. The first-order chi connectivity index (χ1) is 7.66. The number of rotatable bonds is 6. The lowest BCUT2D eigenvalue weighted by molar-refractivity contribution is -0.0849. The fourth-order valence-corrected chi connectivity index (χ4v) is 1.60. The Morgan fingerprint density at radius 1 is 1.18 bits per heavy atom. The highest BCUT2D eigenvalue weighted by Crippen LogP contribution is 2.24. The second-order valence-corrected chi connectivity index (χ2v) is 7.10. The molecule has 0 aromatic heterocycles. The molecular formula is C14H28O3. The molecule has 0 aliphatic carbocycles. The first kappa shape index (κ1) is 14.9. The van der Waals surface area contributed by atoms with Gasteiger partial charge in [-0.15, -0.1) is 0 Å². The molecule has 1 rings (SSSR count). The molecule has 0 amide bonds. The van der Waals surface area contributed by atoms with Crippen molar-refractivity contribution in [3.8, 4) is 0 Å². The van der Waals surface area contributed by atoms with E-state index < -0.39 is 0 Å². The van der Waals surface area contributed by atoms with E-state index in [0.29, 0.717) is 19.3 Å². The number of hydrogen-bond donors (Lipinski definition) is 0. The second-order valence-electron chi connectivity index (χ2n) is 7.10. The third-order valence-electron chi connectivity index (χ3n) is 2.46. The highest BCUT2D eigenvalue weighted by molar-refractivity contribution is 4.74. The number of hydrogen-bond acceptors (Lipinski definition) is 3. The topological polar surface area (TPSA) is 31.0 Å². The molecule has 102 valence electrons. The Hall–Kier alpha value is -0.120. The smallest absolute Gasteiger partial charge is 0.104 e. The van der Waals surface area contributed by atoms with E-state index in [4.69, 9.17) is 14.2 Å². The van der Waals surface area contributed by atoms with E-state index in [1.54, 1.807) is 0 Å². The van der Waals surface area contributed by atoms with Gasteiger partial charge in [0.05, 0.1) is 31.5 Å². The zero-order valence-electron chi connectivity index (χ0n) is 12.2. The minimum atomic E-state index is -0.102. The first-order valence-corrected chi connectivity index (χ1v) is 6.53. The molecule has 2 atom stereocenters. The number of epoxide rings is 1. The van der Waals surface area contributed by atoms with Crippen molar-refractivity contribution in [3.63, 3.8) is 0 Å². The second kappa shape index (κ2) is 5.68. The van der Waals surface area contributed by atoms with Gasteiger partial charge in [-0.2, -0.15) is 0 Å². The maximum atomic E-state index is 5.89. The largest absolute Gasteiger partial charge is 0.373 e. The monoisotopic (exact) mass is 244 g/mol. The van der Waals surface area contributed by atoms with Gasteiger partial charge in [-0.05, 0) is 32.6 Å². The van der Waals surface area contributed by atoms with Crippen LogP contribution in [0.1, 0.15) is 48.0 Å². The quantitative estimate of drug-likeness (QED) is 0.673. The van der Waals surface area contributed by atoms with Crippen LogP contribution in [0, 0.1) is 5.41 Å². The summed E-state index contributed by atoms with van der Waals surface area (Å²) >= 11 is 0. The molecule has 1 aliphatic rings. The summed E-state index contributed by atoms with van der Waals surface area (Å²) in [7, 11) is 0. The SMILES string of the molecule is CC(C)(C)CC(COC(C)(C)C)OCC1CO1. The zero-order chi connectivity index (χ0) is 13.1. The van der Waals surface area contributed by atoms with Gasteiger partial charge in [-0.1, -0.05) is 20.8 Å². The minimum absolute atomic E-state index is 0.102. The van der Waals surface area contributed by atoms with Crippen LogP contribution in [0.15, 0.2) is 0 Å². The van der Waals surface area contributed by atoms with Crippen molar-refractivity contribution in [3.05, 3.63) is 0 Å². The number of ether oxygens (including phenoxy) is 3. The van der Waals surface area contributed by atoms with Gasteiger partial charge in [-0.25, -0.2) is 0 Å². The predicted octanol–water partition coefficient (Wildman–Crippen LogP) is 3.02. The third kappa shape index (κ3) is 8.58. The fraction of sp³-hybridized carbons (Fsp3) is 1.00. The third-order valence-corrected chi connectivity index (χ3v) is 2.46. The van der Waals surface area contributed by atoms with Crippen molar-refractivity contribution in [1.82, 2.24) is 0 Å². The predicted molar refractivity (Wildman–Crippen MR) is 69.3 cm³/mol. The van der Waals surface area contributed by atoms with E-state index in [1.165, 1.54) is 0 Å². The van der Waals surface area contributed by atoms with E-state index in [-0.39, 0.29) is 17.1 Å². The summed E-state index contributed by atoms with van der Waals surface area (Å²) in [5.74, 6) is 0. The lowest BCUT2D eigenvalue weighted by Crippen LogP contribution is -2.31. The van der Waals surface area contributed by atoms with Gasteiger partial charge in [0.2, 0.25) is 0 Å². The maximum Gasteiger partial charge on any atom is 0.104 e. The molecule has 0 bridgehead atoms. The van der Waals surface area contributed by atoms with Gasteiger partial charge in [-0.3, -0.25) is 0 Å². The average molecular weight is 244 g/mol. The molecule has 2 unspecified atom stereocenters. The average Bonchev–Trinajstić information content (AvgIpc) is 2.89. The van der Waals surface area contributed by atoms with Gasteiger partial charge < -0.3 is 14.2 Å². The van der Waals surface area contributed by atoms with Crippen molar-refractivity contribution in [2.24, 2.45) is 5.41 Å². The van der Waals surface area contributed by atoms with Crippen LogP contribution in [-0.4, -0.2) is 37.6 Å². The lowest BCUT2D eigenvalue weighted by Gasteiger charge is -2.29. The minimum Gasteiger partial charge on any atom is -0.373 e. The molecule has 1 heterocycles. The van der Waals surface area contributed by atoms with E-state index in [9.17, 15) is 0 Å². The molecule has 0 radical (unpaired) electrons. The summed E-state index contributed by atoms with van der Waals surface area (Å²) in [5.41, 5.74) is 0.159. The Bertz CT molecular complexity index is 221. The molecule has 17 heavy (non-hydrogen) atoms. The molecule has 1 aliphatic heterocycles. The lowest BCUT2D eigenvalue weighted by atomic mass is 9.89. The Balaban J connectivity index is 2.34. The maximum absolute atomic E-state index is 5.89. The molecule has 0 aromatic rings. The zero-order valence-corrected chi connectivity index (χ0v) is 12.2. The normalized spacial score (nSPS) is 22.6. The Morgan fingerprint density at radius 2 is 1.76 bits per heavy atom. The van der Waals surface area contributed by atoms with Gasteiger partial charge in [0.15, 0.2) is 0 Å². The molecule has 3 heteroatoms. The Morgan fingerprint density at radius 3 is 2.18 bits per heavy atom. The van der Waals surface area contributed by atoms with Gasteiger partial charge in [0.25, 0.3) is 0 Å². The van der Waals surface area contributed by atoms with E-state index >= 15 is 0 Å². The van der Waals surface area contributed by atoms with Crippen molar-refractivity contribution in [2.75, 3.05) is 19.8 Å².